The van der Waals surface area contributed by atoms with Crippen molar-refractivity contribution in [2.75, 3.05) is 0 Å². The molecule has 0 radical (unpaired) electrons. The average molecular weight is 279 g/mol. The summed E-state index contributed by atoms with van der Waals surface area (Å²) in [6.45, 7) is 5.94. The van der Waals surface area contributed by atoms with Gasteiger partial charge in [0.15, 0.2) is 16.8 Å². The van der Waals surface area contributed by atoms with E-state index in [1.54, 1.807) is 6.92 Å². The standard InChI is InChI=1S/C15H16ClFN2/c1-9(2)8-11-4-6-12(7-5-11)15-18-10(3)13(17)14(16)19-15/h4-7,9H,8H2,1-3H3. The summed E-state index contributed by atoms with van der Waals surface area (Å²) in [7, 11) is 0. The van der Waals surface area contributed by atoms with Gasteiger partial charge < -0.3 is 0 Å². The molecule has 0 saturated carbocycles. The molecule has 0 unspecified atom stereocenters. The first-order valence-corrected chi connectivity index (χ1v) is 6.64. The largest absolute Gasteiger partial charge is 0.230 e. The minimum absolute atomic E-state index is 0.131. The van der Waals surface area contributed by atoms with Crippen LogP contribution in [-0.2, 0) is 6.42 Å². The van der Waals surface area contributed by atoms with Gasteiger partial charge in [0.05, 0.1) is 5.69 Å². The van der Waals surface area contributed by atoms with E-state index in [2.05, 4.69) is 23.8 Å². The van der Waals surface area contributed by atoms with Gasteiger partial charge in [-0.1, -0.05) is 49.7 Å². The first-order valence-electron chi connectivity index (χ1n) is 6.26. The first kappa shape index (κ1) is 13.9. The van der Waals surface area contributed by atoms with E-state index < -0.39 is 5.82 Å². The highest BCUT2D eigenvalue weighted by atomic mass is 35.5. The van der Waals surface area contributed by atoms with E-state index in [4.69, 9.17) is 11.6 Å². The Hall–Kier alpha value is -1.48. The third-order valence-electron chi connectivity index (χ3n) is 2.83. The quantitative estimate of drug-likeness (QED) is 0.776. The molecule has 0 amide bonds. The van der Waals surface area contributed by atoms with Gasteiger partial charge in [0.25, 0.3) is 0 Å². The molecule has 0 fully saturated rings. The van der Waals surface area contributed by atoms with E-state index in [9.17, 15) is 4.39 Å². The maximum absolute atomic E-state index is 13.4. The third kappa shape index (κ3) is 3.29. The summed E-state index contributed by atoms with van der Waals surface area (Å²) in [5.74, 6) is 0.520. The Labute approximate surface area is 117 Å². The van der Waals surface area contributed by atoms with Crippen LogP contribution < -0.4 is 0 Å². The van der Waals surface area contributed by atoms with Gasteiger partial charge in [-0.05, 0) is 24.8 Å². The van der Waals surface area contributed by atoms with E-state index in [0.717, 1.165) is 12.0 Å². The van der Waals surface area contributed by atoms with Crippen LogP contribution in [0, 0.1) is 18.7 Å². The Bertz CT molecular complexity index is 556. The first-order chi connectivity index (χ1) is 8.97. The molecule has 1 aromatic carbocycles. The molecule has 0 saturated heterocycles. The van der Waals surface area contributed by atoms with Gasteiger partial charge in [0.1, 0.15) is 0 Å². The normalized spacial score (nSPS) is 11.1. The van der Waals surface area contributed by atoms with Gasteiger partial charge in [0.2, 0.25) is 0 Å². The molecule has 2 rings (SSSR count). The van der Waals surface area contributed by atoms with Crippen molar-refractivity contribution in [3.63, 3.8) is 0 Å². The number of hydrogen-bond donors (Lipinski definition) is 0. The maximum atomic E-state index is 13.4. The van der Waals surface area contributed by atoms with Crippen LogP contribution in [0.3, 0.4) is 0 Å². The number of aryl methyl sites for hydroxylation is 1. The van der Waals surface area contributed by atoms with E-state index in [0.29, 0.717) is 11.7 Å². The van der Waals surface area contributed by atoms with E-state index in [1.165, 1.54) is 5.56 Å². The number of halogens is 2. The summed E-state index contributed by atoms with van der Waals surface area (Å²) in [5.41, 5.74) is 2.38. The van der Waals surface area contributed by atoms with Crippen molar-refractivity contribution < 1.29 is 4.39 Å². The second kappa shape index (κ2) is 5.66. The summed E-state index contributed by atoms with van der Waals surface area (Å²) in [6, 6.07) is 7.98. The lowest BCUT2D eigenvalue weighted by Gasteiger charge is -2.07. The Balaban J connectivity index is 2.32. The Kier molecular flexibility index (Phi) is 4.15. The third-order valence-corrected chi connectivity index (χ3v) is 3.08. The monoisotopic (exact) mass is 278 g/mol. The zero-order valence-electron chi connectivity index (χ0n) is 11.2. The van der Waals surface area contributed by atoms with Gasteiger partial charge in [-0.3, -0.25) is 0 Å². The van der Waals surface area contributed by atoms with E-state index in [-0.39, 0.29) is 10.8 Å². The van der Waals surface area contributed by atoms with Crippen LogP contribution in [0.4, 0.5) is 4.39 Å². The number of rotatable bonds is 3. The molecular weight excluding hydrogens is 263 g/mol. The van der Waals surface area contributed by atoms with Crippen LogP contribution >= 0.6 is 11.6 Å². The summed E-state index contributed by atoms with van der Waals surface area (Å²) in [6.07, 6.45) is 1.03. The molecule has 0 spiro atoms. The molecule has 19 heavy (non-hydrogen) atoms. The predicted octanol–water partition coefficient (Wildman–Crippen LogP) is 4.44. The summed E-state index contributed by atoms with van der Waals surface area (Å²) >= 11 is 5.74. The van der Waals surface area contributed by atoms with Crippen LogP contribution in [0.5, 0.6) is 0 Å². The van der Waals surface area contributed by atoms with Gasteiger partial charge >= 0.3 is 0 Å². The highest BCUT2D eigenvalue weighted by molar-refractivity contribution is 6.29. The number of benzene rings is 1. The zero-order valence-corrected chi connectivity index (χ0v) is 12.0. The minimum Gasteiger partial charge on any atom is -0.230 e. The Morgan fingerprint density at radius 1 is 1.16 bits per heavy atom. The Morgan fingerprint density at radius 2 is 1.79 bits per heavy atom. The van der Waals surface area contributed by atoms with Gasteiger partial charge in [-0.15, -0.1) is 0 Å². The fourth-order valence-corrected chi connectivity index (χ4v) is 2.13. The average Bonchev–Trinajstić information content (AvgIpc) is 2.35. The molecule has 0 aliphatic carbocycles. The smallest absolute Gasteiger partial charge is 0.181 e. The van der Waals surface area contributed by atoms with Crippen molar-refractivity contribution in [2.45, 2.75) is 27.2 Å². The van der Waals surface area contributed by atoms with Crippen LogP contribution in [0.25, 0.3) is 11.4 Å². The highest BCUT2D eigenvalue weighted by Crippen LogP contribution is 2.22. The SMILES string of the molecule is Cc1nc(-c2ccc(CC(C)C)cc2)nc(Cl)c1F. The molecule has 0 atom stereocenters. The predicted molar refractivity (Wildman–Crippen MR) is 75.7 cm³/mol. The molecule has 1 heterocycles. The molecule has 4 heteroatoms. The van der Waals surface area contributed by atoms with Gasteiger partial charge in [0, 0.05) is 5.56 Å². The topological polar surface area (TPSA) is 25.8 Å². The fraction of sp³-hybridized carbons (Fsp3) is 0.333. The van der Waals surface area contributed by atoms with Crippen molar-refractivity contribution in [1.82, 2.24) is 9.97 Å². The van der Waals surface area contributed by atoms with Gasteiger partial charge in [-0.25, -0.2) is 14.4 Å². The number of aromatic nitrogens is 2. The van der Waals surface area contributed by atoms with Crippen LogP contribution in [-0.4, -0.2) is 9.97 Å². The summed E-state index contributed by atoms with van der Waals surface area (Å²) in [4.78, 5) is 8.10. The fourth-order valence-electron chi connectivity index (χ4n) is 1.91. The molecular formula is C15H16ClFN2. The Morgan fingerprint density at radius 3 is 2.32 bits per heavy atom. The lowest BCUT2D eigenvalue weighted by molar-refractivity contribution is 0.603. The summed E-state index contributed by atoms with van der Waals surface area (Å²) < 4.78 is 13.4. The van der Waals surface area contributed by atoms with Crippen LogP contribution in [0.1, 0.15) is 25.1 Å². The van der Waals surface area contributed by atoms with Crippen LogP contribution in [0.15, 0.2) is 24.3 Å². The zero-order chi connectivity index (χ0) is 14.0. The summed E-state index contributed by atoms with van der Waals surface area (Å²) in [5, 5.41) is -0.131. The number of nitrogens with zero attached hydrogens (tertiary/aromatic N) is 2. The second-order valence-corrected chi connectivity index (χ2v) is 5.39. The van der Waals surface area contributed by atoms with Crippen molar-refractivity contribution in [2.24, 2.45) is 5.92 Å². The molecule has 0 N–H and O–H groups in total. The molecule has 1 aromatic heterocycles. The maximum Gasteiger partial charge on any atom is 0.181 e. The molecule has 2 aromatic rings. The lowest BCUT2D eigenvalue weighted by Crippen LogP contribution is -1.98. The highest BCUT2D eigenvalue weighted by Gasteiger charge is 2.10. The lowest BCUT2D eigenvalue weighted by atomic mass is 10.0. The number of hydrogen-bond acceptors (Lipinski definition) is 2. The molecule has 0 aliphatic heterocycles. The van der Waals surface area contributed by atoms with Crippen molar-refractivity contribution in [1.29, 1.82) is 0 Å². The molecule has 100 valence electrons. The van der Waals surface area contributed by atoms with Crippen molar-refractivity contribution >= 4 is 11.6 Å². The van der Waals surface area contributed by atoms with Gasteiger partial charge in [-0.2, -0.15) is 0 Å². The second-order valence-electron chi connectivity index (χ2n) is 5.03. The molecule has 2 nitrogen and oxygen atoms in total. The van der Waals surface area contributed by atoms with E-state index >= 15 is 0 Å². The molecule has 0 bridgehead atoms. The minimum atomic E-state index is -0.554. The van der Waals surface area contributed by atoms with E-state index in [1.807, 2.05) is 24.3 Å². The van der Waals surface area contributed by atoms with Crippen LogP contribution in [0.2, 0.25) is 5.15 Å². The van der Waals surface area contributed by atoms with Crippen molar-refractivity contribution in [3.05, 3.63) is 46.5 Å². The molecule has 0 aliphatic rings. The van der Waals surface area contributed by atoms with Crippen molar-refractivity contribution in [3.8, 4) is 11.4 Å².